The van der Waals surface area contributed by atoms with Crippen molar-refractivity contribution < 1.29 is 9.15 Å². The van der Waals surface area contributed by atoms with Gasteiger partial charge in [0.15, 0.2) is 0 Å². The first-order valence-corrected chi connectivity index (χ1v) is 7.39. The number of benzene rings is 1. The van der Waals surface area contributed by atoms with Gasteiger partial charge in [-0.2, -0.15) is 4.68 Å². The maximum atomic E-state index is 11.7. The predicted octanol–water partition coefficient (Wildman–Crippen LogP) is 1.92. The van der Waals surface area contributed by atoms with Crippen molar-refractivity contribution in [3.63, 3.8) is 0 Å². The molecule has 1 aromatic carbocycles. The minimum Gasteiger partial charge on any atom is -0.490 e. The van der Waals surface area contributed by atoms with Crippen molar-refractivity contribution in [2.45, 2.75) is 10.9 Å². The average Bonchev–Trinajstić information content (AvgIpc) is 3.02. The van der Waals surface area contributed by atoms with Crippen LogP contribution in [-0.2, 0) is 5.75 Å². The Kier molecular flexibility index (Phi) is 4.19. The molecule has 0 N–H and O–H groups in total. The zero-order valence-corrected chi connectivity index (χ0v) is 12.5. The molecular formula is C14H12N4O3S. The zero-order valence-electron chi connectivity index (χ0n) is 11.7. The van der Waals surface area contributed by atoms with E-state index in [9.17, 15) is 4.79 Å². The van der Waals surface area contributed by atoms with E-state index in [1.807, 2.05) is 30.3 Å². The normalized spacial score (nSPS) is 10.6. The van der Waals surface area contributed by atoms with Crippen LogP contribution in [0.25, 0.3) is 5.69 Å². The van der Waals surface area contributed by atoms with E-state index in [4.69, 9.17) is 9.15 Å². The van der Waals surface area contributed by atoms with Crippen LogP contribution in [0.1, 0.15) is 5.76 Å². The lowest BCUT2D eigenvalue weighted by Crippen LogP contribution is -2.04. The van der Waals surface area contributed by atoms with Gasteiger partial charge >= 0.3 is 0 Å². The van der Waals surface area contributed by atoms with Crippen LogP contribution in [0, 0.1) is 0 Å². The van der Waals surface area contributed by atoms with Gasteiger partial charge in [-0.1, -0.05) is 30.0 Å². The fraction of sp³-hybridized carbons (Fsp3) is 0.143. The standard InChI is InChI=1S/C14H12N4O3S/c1-20-13-8-21-11(7-12(13)19)9-22-14-15-16-17-18(14)10-5-3-2-4-6-10/h2-8H,9H2,1H3. The Balaban J connectivity index is 1.77. The maximum absolute atomic E-state index is 11.7. The minimum absolute atomic E-state index is 0.183. The molecular weight excluding hydrogens is 304 g/mol. The van der Waals surface area contributed by atoms with E-state index >= 15 is 0 Å². The van der Waals surface area contributed by atoms with E-state index in [0.717, 1.165) is 5.69 Å². The maximum Gasteiger partial charge on any atom is 0.227 e. The third kappa shape index (κ3) is 3.01. The number of thioether (sulfide) groups is 1. The van der Waals surface area contributed by atoms with Crippen molar-refractivity contribution in [1.82, 2.24) is 20.2 Å². The lowest BCUT2D eigenvalue weighted by atomic mass is 10.3. The molecule has 0 spiro atoms. The molecule has 3 rings (SSSR count). The first-order chi connectivity index (χ1) is 10.8. The number of methoxy groups -OCH3 is 1. The van der Waals surface area contributed by atoms with Crippen LogP contribution in [0.5, 0.6) is 5.75 Å². The van der Waals surface area contributed by atoms with Gasteiger partial charge in [-0.25, -0.2) is 0 Å². The molecule has 0 aliphatic carbocycles. The minimum atomic E-state index is -0.216. The average molecular weight is 316 g/mol. The summed E-state index contributed by atoms with van der Waals surface area (Å²) in [5, 5.41) is 12.3. The van der Waals surface area contributed by atoms with Crippen LogP contribution in [0.15, 0.2) is 57.0 Å². The molecule has 3 aromatic rings. The lowest BCUT2D eigenvalue weighted by molar-refractivity contribution is 0.381. The summed E-state index contributed by atoms with van der Waals surface area (Å²) >= 11 is 1.38. The fourth-order valence-corrected chi connectivity index (χ4v) is 2.58. The van der Waals surface area contributed by atoms with Crippen molar-refractivity contribution >= 4 is 11.8 Å². The van der Waals surface area contributed by atoms with Gasteiger partial charge in [0, 0.05) is 6.07 Å². The van der Waals surface area contributed by atoms with Gasteiger partial charge in [-0.15, -0.1) is 5.10 Å². The zero-order chi connectivity index (χ0) is 15.4. The Morgan fingerprint density at radius 2 is 2.14 bits per heavy atom. The summed E-state index contributed by atoms with van der Waals surface area (Å²) in [6.45, 7) is 0. The van der Waals surface area contributed by atoms with E-state index in [1.54, 1.807) is 4.68 Å². The molecule has 0 saturated heterocycles. The van der Waals surface area contributed by atoms with Crippen LogP contribution >= 0.6 is 11.8 Å². The molecule has 0 amide bonds. The van der Waals surface area contributed by atoms with Gasteiger partial charge in [0.25, 0.3) is 0 Å². The van der Waals surface area contributed by atoms with Gasteiger partial charge in [-0.05, 0) is 22.6 Å². The van der Waals surface area contributed by atoms with Gasteiger partial charge < -0.3 is 9.15 Å². The molecule has 0 bridgehead atoms. The van der Waals surface area contributed by atoms with Crippen LogP contribution in [-0.4, -0.2) is 27.3 Å². The Hall–Kier alpha value is -2.61. The summed E-state index contributed by atoms with van der Waals surface area (Å²) in [7, 11) is 1.43. The van der Waals surface area contributed by atoms with E-state index in [-0.39, 0.29) is 11.2 Å². The van der Waals surface area contributed by atoms with Crippen molar-refractivity contribution in [3.05, 3.63) is 58.6 Å². The molecule has 22 heavy (non-hydrogen) atoms. The smallest absolute Gasteiger partial charge is 0.227 e. The number of ether oxygens (including phenoxy) is 1. The number of nitrogens with zero attached hydrogens (tertiary/aromatic N) is 4. The molecule has 2 aromatic heterocycles. The monoisotopic (exact) mass is 316 g/mol. The second kappa shape index (κ2) is 6.44. The Morgan fingerprint density at radius 3 is 2.86 bits per heavy atom. The Bertz CT molecular complexity index is 816. The predicted molar refractivity (Wildman–Crippen MR) is 80.2 cm³/mol. The van der Waals surface area contributed by atoms with Crippen LogP contribution in [0.3, 0.4) is 0 Å². The topological polar surface area (TPSA) is 83.0 Å². The van der Waals surface area contributed by atoms with Crippen LogP contribution < -0.4 is 10.2 Å². The Morgan fingerprint density at radius 1 is 1.32 bits per heavy atom. The first kappa shape index (κ1) is 14.3. The van der Waals surface area contributed by atoms with E-state index in [2.05, 4.69) is 15.5 Å². The van der Waals surface area contributed by atoms with E-state index in [1.165, 1.54) is 31.2 Å². The highest BCUT2D eigenvalue weighted by Gasteiger charge is 2.10. The van der Waals surface area contributed by atoms with Gasteiger partial charge in [-0.3, -0.25) is 4.79 Å². The number of rotatable bonds is 5. The van der Waals surface area contributed by atoms with E-state index in [0.29, 0.717) is 16.7 Å². The molecule has 112 valence electrons. The van der Waals surface area contributed by atoms with Crippen molar-refractivity contribution in [3.8, 4) is 11.4 Å². The van der Waals surface area contributed by atoms with Crippen molar-refractivity contribution in [1.29, 1.82) is 0 Å². The second-order valence-corrected chi connectivity index (χ2v) is 5.22. The summed E-state index contributed by atoms with van der Waals surface area (Å²) in [5.41, 5.74) is 0.651. The summed E-state index contributed by atoms with van der Waals surface area (Å²) in [4.78, 5) is 11.7. The van der Waals surface area contributed by atoms with Crippen LogP contribution in [0.2, 0.25) is 0 Å². The number of hydrogen-bond donors (Lipinski definition) is 0. The van der Waals surface area contributed by atoms with E-state index < -0.39 is 0 Å². The molecule has 0 atom stereocenters. The van der Waals surface area contributed by atoms with Gasteiger partial charge in [0.05, 0.1) is 18.6 Å². The molecule has 0 saturated carbocycles. The Labute approximate surface area is 129 Å². The summed E-state index contributed by atoms with van der Waals surface area (Å²) in [5.74, 6) is 1.15. The third-order valence-corrected chi connectivity index (χ3v) is 3.80. The molecule has 8 heteroatoms. The van der Waals surface area contributed by atoms with Crippen molar-refractivity contribution in [2.75, 3.05) is 7.11 Å². The number of para-hydroxylation sites is 1. The molecule has 0 fully saturated rings. The highest BCUT2D eigenvalue weighted by molar-refractivity contribution is 7.98. The molecule has 0 aliphatic rings. The summed E-state index contributed by atoms with van der Waals surface area (Å²) in [6.07, 6.45) is 1.30. The highest BCUT2D eigenvalue weighted by Crippen LogP contribution is 2.22. The molecule has 2 heterocycles. The SMILES string of the molecule is COc1coc(CSc2nnnn2-c2ccccc2)cc1=O. The number of tetrazole rings is 1. The fourth-order valence-electron chi connectivity index (χ4n) is 1.80. The van der Waals surface area contributed by atoms with Gasteiger partial charge in [0.1, 0.15) is 12.0 Å². The van der Waals surface area contributed by atoms with Crippen LogP contribution in [0.4, 0.5) is 0 Å². The first-order valence-electron chi connectivity index (χ1n) is 6.40. The number of hydrogen-bond acceptors (Lipinski definition) is 7. The summed E-state index contributed by atoms with van der Waals surface area (Å²) < 4.78 is 11.9. The molecule has 0 unspecified atom stereocenters. The molecule has 0 radical (unpaired) electrons. The van der Waals surface area contributed by atoms with Gasteiger partial charge in [0.2, 0.25) is 16.3 Å². The largest absolute Gasteiger partial charge is 0.490 e. The molecule has 7 nitrogen and oxygen atoms in total. The third-order valence-electron chi connectivity index (χ3n) is 2.86. The summed E-state index contributed by atoms with van der Waals surface area (Å²) in [6, 6.07) is 11.0. The second-order valence-electron chi connectivity index (χ2n) is 4.28. The highest BCUT2D eigenvalue weighted by atomic mass is 32.2. The quantitative estimate of drug-likeness (QED) is 0.665. The number of aromatic nitrogens is 4. The molecule has 0 aliphatic heterocycles. The lowest BCUT2D eigenvalue weighted by Gasteiger charge is -2.04. The van der Waals surface area contributed by atoms with Crippen molar-refractivity contribution in [2.24, 2.45) is 0 Å².